The van der Waals surface area contributed by atoms with Crippen LogP contribution in [0.15, 0.2) is 60.9 Å². The average molecular weight is 490 g/mol. The van der Waals surface area contributed by atoms with E-state index in [-0.39, 0.29) is 5.75 Å². The molecule has 0 aliphatic rings. The van der Waals surface area contributed by atoms with Crippen LogP contribution in [0.3, 0.4) is 0 Å². The van der Waals surface area contributed by atoms with Gasteiger partial charge in [-0.25, -0.2) is 9.97 Å². The van der Waals surface area contributed by atoms with E-state index in [1.807, 2.05) is 24.3 Å². The molecular weight excluding hydrogens is 459 g/mol. The molecule has 1 aromatic heterocycles. The van der Waals surface area contributed by atoms with Gasteiger partial charge in [-0.2, -0.15) is 0 Å². The molecule has 2 aromatic carbocycles. The molecule has 0 saturated carbocycles. The Kier molecular flexibility index (Phi) is 10.2. The number of hydrogen-bond acceptors (Lipinski definition) is 6. The third kappa shape index (κ3) is 9.82. The van der Waals surface area contributed by atoms with Crippen molar-refractivity contribution in [1.82, 2.24) is 9.97 Å². The smallest absolute Gasteiger partial charge is 0.494 e. The minimum Gasteiger partial charge on any atom is -0.494 e. The molecule has 9 heteroatoms. The van der Waals surface area contributed by atoms with Crippen LogP contribution in [-0.4, -0.2) is 36.2 Å². The molecule has 0 aliphatic carbocycles. The lowest BCUT2D eigenvalue weighted by Crippen LogP contribution is -2.16. The monoisotopic (exact) mass is 489 g/mol. The fraction of sp³-hybridized carbons (Fsp3) is 0.385. The van der Waals surface area contributed by atoms with E-state index < -0.39 is 6.36 Å². The molecule has 0 saturated heterocycles. The highest BCUT2D eigenvalue weighted by atomic mass is 19.4. The highest BCUT2D eigenvalue weighted by Crippen LogP contribution is 2.27. The number of nitrogens with zero attached hydrogens (tertiary/aromatic N) is 2. The second kappa shape index (κ2) is 13.5. The van der Waals surface area contributed by atoms with E-state index >= 15 is 0 Å². The van der Waals surface area contributed by atoms with Gasteiger partial charge >= 0.3 is 6.36 Å². The largest absolute Gasteiger partial charge is 0.573 e. The Morgan fingerprint density at radius 1 is 0.829 bits per heavy atom. The molecule has 0 fully saturated rings. The summed E-state index contributed by atoms with van der Waals surface area (Å²) >= 11 is 0. The maximum atomic E-state index is 12.3. The third-order valence-corrected chi connectivity index (χ3v) is 5.00. The summed E-state index contributed by atoms with van der Waals surface area (Å²) in [6.45, 7) is 4.36. The van der Waals surface area contributed by atoms with Crippen molar-refractivity contribution in [2.75, 3.05) is 25.1 Å². The first-order valence-electron chi connectivity index (χ1n) is 11.7. The summed E-state index contributed by atoms with van der Waals surface area (Å²) in [6, 6.07) is 14.8. The van der Waals surface area contributed by atoms with Gasteiger partial charge in [0, 0.05) is 30.5 Å². The molecule has 0 bridgehead atoms. The Hall–Kier alpha value is -3.33. The van der Waals surface area contributed by atoms with Crippen LogP contribution >= 0.6 is 0 Å². The molecule has 3 rings (SSSR count). The van der Waals surface area contributed by atoms with Gasteiger partial charge in [-0.3, -0.25) is 0 Å². The quantitative estimate of drug-likeness (QED) is 0.243. The van der Waals surface area contributed by atoms with Crippen molar-refractivity contribution in [3.63, 3.8) is 0 Å². The number of aromatic nitrogens is 2. The van der Waals surface area contributed by atoms with Crippen LogP contribution in [-0.2, 0) is 4.74 Å². The predicted molar refractivity (Wildman–Crippen MR) is 129 cm³/mol. The zero-order valence-corrected chi connectivity index (χ0v) is 19.7. The number of nitrogens with one attached hydrogen (secondary N) is 1. The standard InChI is InChI=1S/C26H30F3N3O3/c1-2-3-4-14-33-15-5-6-16-34-23-9-7-8-20(17-23)24-18-25(31-19-30-24)32-21-10-12-22(13-11-21)35-26(27,28)29/h7-13,17-19H,2-6,14-16H2,1H3,(H,30,31,32). The SMILES string of the molecule is CCCCCOCCCCOc1cccc(-c2cc(Nc3ccc(OC(F)(F)F)cc3)ncn2)c1. The summed E-state index contributed by atoms with van der Waals surface area (Å²) in [5.41, 5.74) is 2.11. The Balaban J connectivity index is 1.50. The predicted octanol–water partition coefficient (Wildman–Crippen LogP) is 7.15. The summed E-state index contributed by atoms with van der Waals surface area (Å²) in [6.07, 6.45) is 2.08. The van der Waals surface area contributed by atoms with Crippen molar-refractivity contribution in [2.24, 2.45) is 0 Å². The van der Waals surface area contributed by atoms with Gasteiger partial charge in [-0.1, -0.05) is 31.9 Å². The van der Waals surface area contributed by atoms with Gasteiger partial charge in [0.1, 0.15) is 23.6 Å². The second-order valence-corrected chi connectivity index (χ2v) is 7.89. The zero-order chi connectivity index (χ0) is 24.9. The molecule has 0 amide bonds. The van der Waals surface area contributed by atoms with Crippen LogP contribution in [0.4, 0.5) is 24.7 Å². The highest BCUT2D eigenvalue weighted by molar-refractivity contribution is 5.66. The van der Waals surface area contributed by atoms with Crippen molar-refractivity contribution < 1.29 is 27.4 Å². The number of anilines is 2. The van der Waals surface area contributed by atoms with E-state index in [1.165, 1.54) is 43.4 Å². The summed E-state index contributed by atoms with van der Waals surface area (Å²) in [7, 11) is 0. The lowest BCUT2D eigenvalue weighted by atomic mass is 10.1. The third-order valence-electron chi connectivity index (χ3n) is 5.00. The van der Waals surface area contributed by atoms with Crippen molar-refractivity contribution >= 4 is 11.5 Å². The first kappa shape index (κ1) is 26.3. The van der Waals surface area contributed by atoms with Crippen LogP contribution in [0.5, 0.6) is 11.5 Å². The fourth-order valence-corrected chi connectivity index (χ4v) is 3.27. The maximum Gasteiger partial charge on any atom is 0.573 e. The summed E-state index contributed by atoms with van der Waals surface area (Å²) < 4.78 is 52.3. The second-order valence-electron chi connectivity index (χ2n) is 7.89. The Bertz CT molecular complexity index is 1030. The molecule has 0 unspecified atom stereocenters. The van der Waals surface area contributed by atoms with Gasteiger partial charge in [0.05, 0.1) is 12.3 Å². The normalized spacial score (nSPS) is 11.3. The fourth-order valence-electron chi connectivity index (χ4n) is 3.27. The van der Waals surface area contributed by atoms with E-state index in [4.69, 9.17) is 9.47 Å². The lowest BCUT2D eigenvalue weighted by molar-refractivity contribution is -0.274. The van der Waals surface area contributed by atoms with Gasteiger partial charge in [0.15, 0.2) is 0 Å². The van der Waals surface area contributed by atoms with Crippen LogP contribution in [0, 0.1) is 0 Å². The number of hydrogen-bond donors (Lipinski definition) is 1. The Labute approximate surface area is 203 Å². The molecule has 6 nitrogen and oxygen atoms in total. The molecule has 0 radical (unpaired) electrons. The number of halogens is 3. The van der Waals surface area contributed by atoms with E-state index in [2.05, 4.69) is 26.9 Å². The molecule has 1 heterocycles. The van der Waals surface area contributed by atoms with E-state index in [0.717, 1.165) is 43.8 Å². The minimum atomic E-state index is -4.73. The van der Waals surface area contributed by atoms with Gasteiger partial charge in [0.2, 0.25) is 0 Å². The molecule has 188 valence electrons. The molecule has 1 N–H and O–H groups in total. The number of rotatable bonds is 14. The van der Waals surface area contributed by atoms with Crippen LogP contribution in [0.2, 0.25) is 0 Å². The number of benzene rings is 2. The van der Waals surface area contributed by atoms with Crippen molar-refractivity contribution in [3.05, 3.63) is 60.9 Å². The summed E-state index contributed by atoms with van der Waals surface area (Å²) in [5.74, 6) is 0.965. The van der Waals surface area contributed by atoms with Crippen LogP contribution < -0.4 is 14.8 Å². The van der Waals surface area contributed by atoms with Crippen molar-refractivity contribution in [3.8, 4) is 22.8 Å². The molecular formula is C26H30F3N3O3. The first-order valence-corrected chi connectivity index (χ1v) is 11.7. The van der Waals surface area contributed by atoms with Gasteiger partial charge in [-0.05, 0) is 55.7 Å². The van der Waals surface area contributed by atoms with Gasteiger partial charge in [0.25, 0.3) is 0 Å². The Morgan fingerprint density at radius 3 is 2.31 bits per heavy atom. The van der Waals surface area contributed by atoms with Gasteiger partial charge in [-0.15, -0.1) is 13.2 Å². The van der Waals surface area contributed by atoms with Gasteiger partial charge < -0.3 is 19.5 Å². The van der Waals surface area contributed by atoms with E-state index in [9.17, 15) is 13.2 Å². The summed E-state index contributed by atoms with van der Waals surface area (Å²) in [5, 5.41) is 3.06. The average Bonchev–Trinajstić information content (AvgIpc) is 2.84. The molecule has 0 aliphatic heterocycles. The van der Waals surface area contributed by atoms with E-state index in [1.54, 1.807) is 6.07 Å². The van der Waals surface area contributed by atoms with Crippen LogP contribution in [0.1, 0.15) is 39.0 Å². The molecule has 0 atom stereocenters. The number of alkyl halides is 3. The highest BCUT2D eigenvalue weighted by Gasteiger charge is 2.30. The maximum absolute atomic E-state index is 12.3. The molecule has 3 aromatic rings. The van der Waals surface area contributed by atoms with E-state index in [0.29, 0.717) is 23.8 Å². The number of unbranched alkanes of at least 4 members (excludes halogenated alkanes) is 3. The summed E-state index contributed by atoms with van der Waals surface area (Å²) in [4.78, 5) is 8.52. The molecule has 35 heavy (non-hydrogen) atoms. The topological polar surface area (TPSA) is 65.5 Å². The first-order chi connectivity index (χ1) is 16.9. The van der Waals surface area contributed by atoms with Crippen LogP contribution in [0.25, 0.3) is 11.3 Å². The minimum absolute atomic E-state index is 0.289. The molecule has 0 spiro atoms. The zero-order valence-electron chi connectivity index (χ0n) is 19.7. The lowest BCUT2D eigenvalue weighted by Gasteiger charge is -2.11. The Morgan fingerprint density at radius 2 is 1.57 bits per heavy atom. The number of ether oxygens (including phenoxy) is 3. The van der Waals surface area contributed by atoms with Crippen molar-refractivity contribution in [2.45, 2.75) is 45.4 Å². The van der Waals surface area contributed by atoms with Crippen molar-refractivity contribution in [1.29, 1.82) is 0 Å².